The Labute approximate surface area is 116 Å². The number of nitrogens with zero attached hydrogens (tertiary/aromatic N) is 3. The lowest BCUT2D eigenvalue weighted by Gasteiger charge is -1.97. The molecule has 0 aromatic carbocycles. The van der Waals surface area contributed by atoms with E-state index in [-0.39, 0.29) is 16.4 Å². The Bertz CT molecular complexity index is 819. The van der Waals surface area contributed by atoms with E-state index in [0.717, 1.165) is 11.3 Å². The zero-order valence-electron chi connectivity index (χ0n) is 9.98. The van der Waals surface area contributed by atoms with Crippen molar-refractivity contribution < 1.29 is 9.90 Å². The summed E-state index contributed by atoms with van der Waals surface area (Å²) in [7, 11) is 0. The van der Waals surface area contributed by atoms with Crippen molar-refractivity contribution in [2.75, 3.05) is 0 Å². The van der Waals surface area contributed by atoms with Gasteiger partial charge in [0.1, 0.15) is 0 Å². The third-order valence-electron chi connectivity index (χ3n) is 2.56. The third-order valence-corrected chi connectivity index (χ3v) is 3.39. The first kappa shape index (κ1) is 12.3. The van der Waals surface area contributed by atoms with Gasteiger partial charge in [0.25, 0.3) is 5.56 Å². The van der Waals surface area contributed by atoms with E-state index in [9.17, 15) is 9.59 Å². The van der Waals surface area contributed by atoms with Gasteiger partial charge in [-0.3, -0.25) is 14.9 Å². The zero-order chi connectivity index (χ0) is 14.1. The minimum atomic E-state index is -1.13. The highest BCUT2D eigenvalue weighted by Crippen LogP contribution is 2.16. The highest BCUT2D eigenvalue weighted by molar-refractivity contribution is 7.12. The Kier molecular flexibility index (Phi) is 2.92. The molecule has 3 rings (SSSR count). The molecule has 0 amide bonds. The summed E-state index contributed by atoms with van der Waals surface area (Å²) in [5.74, 6) is -1.13. The number of carboxylic acids is 1. The molecule has 2 N–H and O–H groups in total. The Hall–Kier alpha value is -2.74. The van der Waals surface area contributed by atoms with Gasteiger partial charge in [0.2, 0.25) is 5.13 Å². The fourth-order valence-electron chi connectivity index (χ4n) is 1.66. The van der Waals surface area contributed by atoms with E-state index < -0.39 is 5.97 Å². The van der Waals surface area contributed by atoms with Crippen LogP contribution < -0.4 is 5.56 Å². The molecule has 3 heterocycles. The van der Waals surface area contributed by atoms with E-state index in [1.807, 2.05) is 6.07 Å². The topological polar surface area (TPSA) is 101 Å². The van der Waals surface area contributed by atoms with Gasteiger partial charge in [-0.2, -0.15) is 4.68 Å². The average molecular weight is 288 g/mol. The number of aromatic nitrogens is 4. The quantitative estimate of drug-likeness (QED) is 0.758. The van der Waals surface area contributed by atoms with Gasteiger partial charge in [0.15, 0.2) is 5.69 Å². The molecule has 0 aliphatic heterocycles. The van der Waals surface area contributed by atoms with Gasteiger partial charge in [0.05, 0.1) is 11.4 Å². The number of thiazole rings is 1. The molecule has 0 aliphatic rings. The van der Waals surface area contributed by atoms with Crippen LogP contribution in [0.25, 0.3) is 16.5 Å². The Balaban J connectivity index is 2.05. The molecule has 3 aromatic heterocycles. The number of hydrogen-bond donors (Lipinski definition) is 2. The van der Waals surface area contributed by atoms with E-state index in [2.05, 4.69) is 15.1 Å². The average Bonchev–Trinajstić information content (AvgIpc) is 3.06. The van der Waals surface area contributed by atoms with Gasteiger partial charge in [-0.25, -0.2) is 9.78 Å². The summed E-state index contributed by atoms with van der Waals surface area (Å²) in [4.78, 5) is 30.7. The van der Waals surface area contributed by atoms with Gasteiger partial charge in [-0.05, 0) is 12.1 Å². The van der Waals surface area contributed by atoms with Crippen LogP contribution in [-0.4, -0.2) is 30.8 Å². The molecule has 100 valence electrons. The van der Waals surface area contributed by atoms with Crippen molar-refractivity contribution in [3.8, 4) is 16.5 Å². The molecule has 7 nitrogen and oxygen atoms in total. The monoisotopic (exact) mass is 288 g/mol. The summed E-state index contributed by atoms with van der Waals surface area (Å²) in [6, 6.07) is 6.74. The second kappa shape index (κ2) is 4.74. The van der Waals surface area contributed by atoms with Crippen molar-refractivity contribution >= 4 is 17.3 Å². The molecular formula is C12H8N4O3S. The van der Waals surface area contributed by atoms with Crippen molar-refractivity contribution in [3.63, 3.8) is 0 Å². The number of rotatable bonds is 3. The maximum absolute atomic E-state index is 11.9. The molecule has 0 saturated carbocycles. The van der Waals surface area contributed by atoms with Gasteiger partial charge >= 0.3 is 5.97 Å². The van der Waals surface area contributed by atoms with E-state index in [4.69, 9.17) is 5.11 Å². The molecule has 8 heteroatoms. The summed E-state index contributed by atoms with van der Waals surface area (Å²) in [6.07, 6.45) is 1.62. The Morgan fingerprint density at radius 2 is 2.25 bits per heavy atom. The maximum Gasteiger partial charge on any atom is 0.355 e. The van der Waals surface area contributed by atoms with Crippen molar-refractivity contribution in [2.45, 2.75) is 0 Å². The number of H-pyrrole nitrogens is 1. The van der Waals surface area contributed by atoms with Crippen LogP contribution in [0, 0.1) is 0 Å². The molecule has 0 atom stereocenters. The second-order valence-corrected chi connectivity index (χ2v) is 4.72. The number of carbonyl (C=O) groups is 1. The van der Waals surface area contributed by atoms with E-state index in [0.29, 0.717) is 11.4 Å². The fraction of sp³-hybridized carbons (Fsp3) is 0. The number of hydrogen-bond acceptors (Lipinski definition) is 5. The van der Waals surface area contributed by atoms with Crippen molar-refractivity contribution in [1.82, 2.24) is 19.7 Å². The highest BCUT2D eigenvalue weighted by Gasteiger charge is 2.13. The predicted molar refractivity (Wildman–Crippen MR) is 72.3 cm³/mol. The zero-order valence-corrected chi connectivity index (χ0v) is 10.8. The maximum atomic E-state index is 11.9. The lowest BCUT2D eigenvalue weighted by Crippen LogP contribution is -2.13. The molecule has 0 fully saturated rings. The number of nitrogens with one attached hydrogen (secondary N) is 1. The highest BCUT2D eigenvalue weighted by atomic mass is 32.1. The lowest BCUT2D eigenvalue weighted by molar-refractivity contribution is 0.0691. The summed E-state index contributed by atoms with van der Waals surface area (Å²) in [5.41, 5.74) is 0.754. The normalized spacial score (nSPS) is 10.6. The van der Waals surface area contributed by atoms with Crippen molar-refractivity contribution in [3.05, 3.63) is 51.9 Å². The Morgan fingerprint density at radius 1 is 1.40 bits per heavy atom. The first-order valence-corrected chi connectivity index (χ1v) is 6.46. The van der Waals surface area contributed by atoms with Crippen LogP contribution in [-0.2, 0) is 0 Å². The third kappa shape index (κ3) is 2.12. The van der Waals surface area contributed by atoms with Gasteiger partial charge < -0.3 is 5.11 Å². The Morgan fingerprint density at radius 3 is 2.90 bits per heavy atom. The molecule has 0 radical (unpaired) electrons. The molecule has 0 saturated heterocycles. The number of aromatic carboxylic acids is 1. The lowest BCUT2D eigenvalue weighted by atomic mass is 10.3. The van der Waals surface area contributed by atoms with E-state index in [1.165, 1.54) is 16.1 Å². The predicted octanol–water partition coefficient (Wildman–Crippen LogP) is 1.38. The largest absolute Gasteiger partial charge is 0.476 e. The van der Waals surface area contributed by atoms with Crippen molar-refractivity contribution in [2.24, 2.45) is 0 Å². The van der Waals surface area contributed by atoms with Crippen LogP contribution >= 0.6 is 11.3 Å². The molecule has 0 spiro atoms. The van der Waals surface area contributed by atoms with Crippen LogP contribution in [0.3, 0.4) is 0 Å². The molecule has 0 bridgehead atoms. The summed E-state index contributed by atoms with van der Waals surface area (Å²) >= 11 is 1.07. The van der Waals surface area contributed by atoms with Crippen LogP contribution in [0.5, 0.6) is 0 Å². The van der Waals surface area contributed by atoms with E-state index >= 15 is 0 Å². The second-order valence-electron chi connectivity index (χ2n) is 3.88. The SMILES string of the molecule is O=C(O)c1csc(-n2[nH]c(-c3ccccn3)cc2=O)n1. The summed E-state index contributed by atoms with van der Waals surface area (Å²) < 4.78 is 1.20. The van der Waals surface area contributed by atoms with Crippen LogP contribution in [0.1, 0.15) is 10.5 Å². The van der Waals surface area contributed by atoms with Gasteiger partial charge in [-0.1, -0.05) is 6.07 Å². The minimum Gasteiger partial charge on any atom is -0.476 e. The van der Waals surface area contributed by atoms with Gasteiger partial charge in [0, 0.05) is 17.6 Å². The number of aromatic amines is 1. The summed E-state index contributed by atoms with van der Waals surface area (Å²) in [6.45, 7) is 0. The first-order chi connectivity index (χ1) is 9.65. The van der Waals surface area contributed by atoms with Gasteiger partial charge in [-0.15, -0.1) is 11.3 Å². The molecular weight excluding hydrogens is 280 g/mol. The van der Waals surface area contributed by atoms with Crippen LogP contribution in [0.15, 0.2) is 40.6 Å². The smallest absolute Gasteiger partial charge is 0.355 e. The molecule has 3 aromatic rings. The standard InChI is InChI=1S/C12H8N4O3S/c17-10-5-8(7-3-1-2-4-13-7)15-16(10)12-14-9(6-20-12)11(18)19/h1-6,15H,(H,18,19). The minimum absolute atomic E-state index is 0.0918. The summed E-state index contributed by atoms with van der Waals surface area (Å²) in [5, 5.41) is 13.4. The molecule has 0 unspecified atom stereocenters. The van der Waals surface area contributed by atoms with Crippen LogP contribution in [0.4, 0.5) is 0 Å². The van der Waals surface area contributed by atoms with Crippen molar-refractivity contribution in [1.29, 1.82) is 0 Å². The number of carboxylic acid groups (broad SMARTS) is 1. The van der Waals surface area contributed by atoms with E-state index in [1.54, 1.807) is 18.3 Å². The number of pyridine rings is 1. The molecule has 0 aliphatic carbocycles. The van der Waals surface area contributed by atoms with Crippen LogP contribution in [0.2, 0.25) is 0 Å². The molecule has 20 heavy (non-hydrogen) atoms. The fourth-order valence-corrected chi connectivity index (χ4v) is 2.42. The first-order valence-electron chi connectivity index (χ1n) is 5.58.